The van der Waals surface area contributed by atoms with E-state index in [9.17, 15) is 14.4 Å². The van der Waals surface area contributed by atoms with E-state index in [0.717, 1.165) is 9.13 Å². The Kier molecular flexibility index (Phi) is 3.67. The van der Waals surface area contributed by atoms with Gasteiger partial charge in [-0.1, -0.05) is 20.8 Å². The molecule has 0 atom stereocenters. The highest BCUT2D eigenvalue weighted by molar-refractivity contribution is 4.88. The molecule has 0 saturated carbocycles. The largest absolute Gasteiger partial charge is 0.336 e. The molecular weight excluding hydrogens is 246 g/mol. The van der Waals surface area contributed by atoms with Crippen molar-refractivity contribution < 1.29 is 0 Å². The summed E-state index contributed by atoms with van der Waals surface area (Å²) >= 11 is 0. The van der Waals surface area contributed by atoms with Gasteiger partial charge in [-0.25, -0.2) is 28.1 Å². The molecule has 0 spiro atoms. The van der Waals surface area contributed by atoms with Crippen molar-refractivity contribution in [3.8, 4) is 0 Å². The van der Waals surface area contributed by atoms with Gasteiger partial charge in [-0.05, 0) is 25.7 Å². The molecule has 1 aromatic heterocycles. The zero-order valence-electron chi connectivity index (χ0n) is 12.8. The van der Waals surface area contributed by atoms with Crippen LogP contribution in [0.25, 0.3) is 0 Å². The summed E-state index contributed by atoms with van der Waals surface area (Å²) in [6.07, 6.45) is 0.646. The molecule has 0 N–H and O–H groups in total. The average Bonchev–Trinajstić information content (AvgIpc) is 2.20. The highest BCUT2D eigenvalue weighted by Crippen LogP contribution is 2.30. The van der Waals surface area contributed by atoms with Crippen LogP contribution in [0.3, 0.4) is 0 Å². The van der Waals surface area contributed by atoms with Crippen LogP contribution in [0.1, 0.15) is 41.0 Å². The molecular formula is C13H23N3O3. The van der Waals surface area contributed by atoms with E-state index in [1.54, 1.807) is 0 Å². The van der Waals surface area contributed by atoms with Gasteiger partial charge in [0.1, 0.15) is 0 Å². The molecule has 1 rings (SSSR count). The molecule has 1 aromatic rings. The van der Waals surface area contributed by atoms with Gasteiger partial charge in [0, 0.05) is 19.6 Å². The van der Waals surface area contributed by atoms with E-state index in [-0.39, 0.29) is 5.41 Å². The monoisotopic (exact) mass is 269 g/mol. The van der Waals surface area contributed by atoms with Crippen molar-refractivity contribution in [2.24, 2.45) is 19.5 Å². The van der Waals surface area contributed by atoms with Crippen LogP contribution in [0.5, 0.6) is 0 Å². The molecule has 19 heavy (non-hydrogen) atoms. The summed E-state index contributed by atoms with van der Waals surface area (Å²) in [7, 11) is 2.77. The molecule has 0 bridgehead atoms. The first-order valence-corrected chi connectivity index (χ1v) is 6.28. The SMILES string of the molecule is Cn1c(=O)n(C)c(=O)n(C(C)(C)CC(C)(C)C)c1=O. The fourth-order valence-corrected chi connectivity index (χ4v) is 2.67. The first kappa shape index (κ1) is 15.5. The van der Waals surface area contributed by atoms with E-state index in [0.29, 0.717) is 6.42 Å². The van der Waals surface area contributed by atoms with Crippen LogP contribution in [0, 0.1) is 5.41 Å². The Hall–Kier alpha value is -1.59. The van der Waals surface area contributed by atoms with Crippen LogP contribution in [-0.2, 0) is 19.6 Å². The van der Waals surface area contributed by atoms with Crippen molar-refractivity contribution in [3.63, 3.8) is 0 Å². The topological polar surface area (TPSA) is 66.0 Å². The summed E-state index contributed by atoms with van der Waals surface area (Å²) in [4.78, 5) is 36.1. The smallest absolute Gasteiger partial charge is 0.248 e. The van der Waals surface area contributed by atoms with Crippen molar-refractivity contribution in [1.82, 2.24) is 13.7 Å². The van der Waals surface area contributed by atoms with Crippen molar-refractivity contribution in [3.05, 3.63) is 31.5 Å². The van der Waals surface area contributed by atoms with E-state index >= 15 is 0 Å². The molecule has 0 aliphatic rings. The van der Waals surface area contributed by atoms with Gasteiger partial charge in [-0.2, -0.15) is 0 Å². The Balaban J connectivity index is 3.66. The van der Waals surface area contributed by atoms with Crippen molar-refractivity contribution in [2.45, 2.75) is 46.6 Å². The number of aromatic nitrogens is 3. The fourth-order valence-electron chi connectivity index (χ4n) is 2.67. The van der Waals surface area contributed by atoms with Crippen molar-refractivity contribution in [1.29, 1.82) is 0 Å². The number of rotatable bonds is 2. The van der Waals surface area contributed by atoms with E-state index < -0.39 is 22.6 Å². The predicted octanol–water partition coefficient (Wildman–Crippen LogP) is 0.417. The number of hydrogen-bond acceptors (Lipinski definition) is 3. The zero-order valence-corrected chi connectivity index (χ0v) is 12.8. The quantitative estimate of drug-likeness (QED) is 0.781. The minimum atomic E-state index is -0.657. The number of hydrogen-bond donors (Lipinski definition) is 0. The Morgan fingerprint density at radius 2 is 1.16 bits per heavy atom. The third kappa shape index (κ3) is 2.88. The summed E-state index contributed by atoms with van der Waals surface area (Å²) < 4.78 is 3.09. The van der Waals surface area contributed by atoms with Gasteiger partial charge in [-0.15, -0.1) is 0 Å². The van der Waals surface area contributed by atoms with Crippen LogP contribution in [-0.4, -0.2) is 13.7 Å². The lowest BCUT2D eigenvalue weighted by Gasteiger charge is -2.33. The maximum atomic E-state index is 12.2. The Labute approximate surface area is 112 Å². The van der Waals surface area contributed by atoms with Crippen LogP contribution in [0.15, 0.2) is 14.4 Å². The molecule has 0 unspecified atom stereocenters. The fraction of sp³-hybridized carbons (Fsp3) is 0.769. The molecule has 6 nitrogen and oxygen atoms in total. The standard InChI is InChI=1S/C13H23N3O3/c1-12(2,3)8-13(4,5)16-10(18)14(6)9(17)15(7)11(16)19/h8H2,1-7H3. The normalized spacial score (nSPS) is 12.8. The lowest BCUT2D eigenvalue weighted by molar-refractivity contribution is 0.194. The van der Waals surface area contributed by atoms with Gasteiger partial charge in [0.05, 0.1) is 0 Å². The third-order valence-electron chi connectivity index (χ3n) is 3.10. The summed E-state index contributed by atoms with van der Waals surface area (Å²) in [5.74, 6) is 0. The predicted molar refractivity (Wildman–Crippen MR) is 74.6 cm³/mol. The molecule has 6 heteroatoms. The third-order valence-corrected chi connectivity index (χ3v) is 3.10. The van der Waals surface area contributed by atoms with Crippen molar-refractivity contribution in [2.75, 3.05) is 0 Å². The molecule has 0 fully saturated rings. The van der Waals surface area contributed by atoms with Crippen LogP contribution in [0.2, 0.25) is 0 Å². The first-order valence-electron chi connectivity index (χ1n) is 6.28. The Bertz CT molecular complexity index is 613. The Morgan fingerprint density at radius 1 is 0.789 bits per heavy atom. The minimum absolute atomic E-state index is 0.0390. The van der Waals surface area contributed by atoms with Gasteiger partial charge in [0.2, 0.25) is 0 Å². The Morgan fingerprint density at radius 3 is 1.47 bits per heavy atom. The molecule has 0 saturated heterocycles. The molecule has 108 valence electrons. The van der Waals surface area contributed by atoms with E-state index in [1.165, 1.54) is 18.7 Å². The van der Waals surface area contributed by atoms with E-state index in [2.05, 4.69) is 0 Å². The second-order valence-electron chi connectivity index (χ2n) is 6.85. The second kappa shape index (κ2) is 4.51. The molecule has 0 radical (unpaired) electrons. The second-order valence-corrected chi connectivity index (χ2v) is 6.85. The lowest BCUT2D eigenvalue weighted by atomic mass is 9.81. The van der Waals surface area contributed by atoms with Gasteiger partial charge < -0.3 is 0 Å². The van der Waals surface area contributed by atoms with E-state index in [1.807, 2.05) is 34.6 Å². The van der Waals surface area contributed by atoms with Crippen molar-refractivity contribution >= 4 is 0 Å². The number of nitrogens with zero attached hydrogens (tertiary/aromatic N) is 3. The van der Waals surface area contributed by atoms with Gasteiger partial charge in [-0.3, -0.25) is 0 Å². The summed E-state index contributed by atoms with van der Waals surface area (Å²) in [6.45, 7) is 9.82. The molecule has 0 amide bonds. The maximum Gasteiger partial charge on any atom is 0.336 e. The summed E-state index contributed by atoms with van der Waals surface area (Å²) in [5, 5.41) is 0. The van der Waals surface area contributed by atoms with E-state index in [4.69, 9.17) is 0 Å². The molecule has 0 aliphatic heterocycles. The van der Waals surface area contributed by atoms with Crippen LogP contribution in [0.4, 0.5) is 0 Å². The maximum absolute atomic E-state index is 12.2. The van der Waals surface area contributed by atoms with Gasteiger partial charge in [0.25, 0.3) is 0 Å². The highest BCUT2D eigenvalue weighted by atomic mass is 16.2. The molecule has 0 aliphatic carbocycles. The van der Waals surface area contributed by atoms with Gasteiger partial charge in [0.15, 0.2) is 0 Å². The zero-order chi connectivity index (χ0) is 15.2. The summed E-state index contributed by atoms with van der Waals surface area (Å²) in [6, 6.07) is 0. The first-order chi connectivity index (χ1) is 8.38. The summed E-state index contributed by atoms with van der Waals surface area (Å²) in [5.41, 5.74) is -2.43. The van der Waals surface area contributed by atoms with Crippen LogP contribution < -0.4 is 17.1 Å². The van der Waals surface area contributed by atoms with Gasteiger partial charge >= 0.3 is 17.1 Å². The average molecular weight is 269 g/mol. The highest BCUT2D eigenvalue weighted by Gasteiger charge is 2.31. The minimum Gasteiger partial charge on any atom is -0.248 e. The lowest BCUT2D eigenvalue weighted by Crippen LogP contribution is -2.58. The molecule has 1 heterocycles. The molecule has 0 aromatic carbocycles. The van der Waals surface area contributed by atoms with Crippen LogP contribution >= 0.6 is 0 Å².